The Morgan fingerprint density at radius 3 is 2.60 bits per heavy atom. The Morgan fingerprint density at radius 1 is 1.11 bits per heavy atom. The second-order valence-electron chi connectivity index (χ2n) is 17.3. The number of carbonyl (C=O) groups is 6. The Morgan fingerprint density at radius 2 is 1.88 bits per heavy atom. The topological polar surface area (TPSA) is 206 Å². The second kappa shape index (κ2) is 15.7. The van der Waals surface area contributed by atoms with Crippen molar-refractivity contribution in [1.29, 1.82) is 0 Å². The van der Waals surface area contributed by atoms with Gasteiger partial charge in [0.15, 0.2) is 6.04 Å². The van der Waals surface area contributed by atoms with Crippen LogP contribution >= 0.6 is 0 Å². The lowest BCUT2D eigenvalue weighted by Crippen LogP contribution is -2.70. The van der Waals surface area contributed by atoms with Crippen LogP contribution in [0.4, 0.5) is 0 Å². The molecule has 0 spiro atoms. The zero-order valence-corrected chi connectivity index (χ0v) is 32.8. The predicted octanol–water partition coefficient (Wildman–Crippen LogP) is 1.33. The summed E-state index contributed by atoms with van der Waals surface area (Å²) >= 11 is 0. The van der Waals surface area contributed by atoms with E-state index in [9.17, 15) is 29.1 Å². The Kier molecular flexibility index (Phi) is 11.3. The summed E-state index contributed by atoms with van der Waals surface area (Å²) in [6, 6.07) is 4.28. The van der Waals surface area contributed by atoms with E-state index in [1.54, 1.807) is 58.9 Å². The van der Waals surface area contributed by atoms with Gasteiger partial charge in [0.1, 0.15) is 54.9 Å². The largest absolute Gasteiger partial charge is 0.462 e. The monoisotopic (exact) mass is 797 g/mol. The van der Waals surface area contributed by atoms with Crippen molar-refractivity contribution in [3.8, 4) is 0 Å². The molecule has 5 saturated heterocycles. The van der Waals surface area contributed by atoms with Crippen molar-refractivity contribution in [1.82, 2.24) is 15.3 Å². The molecule has 5 heterocycles. The third-order valence-corrected chi connectivity index (χ3v) is 11.4. The number of rotatable bonds is 12. The lowest BCUT2D eigenvalue weighted by Gasteiger charge is -2.50. The first kappa shape index (κ1) is 40.8. The fourth-order valence-electron chi connectivity index (χ4n) is 8.78. The second-order valence-corrected chi connectivity index (χ2v) is 17.3. The first-order valence-electron chi connectivity index (χ1n) is 19.5. The predicted molar refractivity (Wildman–Crippen MR) is 195 cm³/mol. The number of fused-ring (bicyclic) bond motifs is 4. The molecule has 0 unspecified atom stereocenters. The number of hydroxylamine groups is 2. The number of hydrogen-bond donors (Lipinski definition) is 2. The van der Waals surface area contributed by atoms with Gasteiger partial charge in [-0.2, -0.15) is 5.06 Å². The minimum absolute atomic E-state index is 0.0213. The fourth-order valence-corrected chi connectivity index (χ4v) is 8.78. The fraction of sp³-hybridized carbons (Fsp3) is 0.650. The summed E-state index contributed by atoms with van der Waals surface area (Å²) in [7, 11) is 0. The molecule has 2 bridgehead atoms. The summed E-state index contributed by atoms with van der Waals surface area (Å²) in [5, 5.41) is 14.3. The first-order valence-corrected chi connectivity index (χ1v) is 19.5. The molecule has 310 valence electrons. The molecule has 17 heteroatoms. The molecule has 57 heavy (non-hydrogen) atoms. The molecule has 5 aliphatic heterocycles. The van der Waals surface area contributed by atoms with Crippen LogP contribution in [-0.4, -0.2) is 132 Å². The minimum Gasteiger partial charge on any atom is -0.462 e. The Balaban J connectivity index is 1.08. The van der Waals surface area contributed by atoms with Gasteiger partial charge in [-0.25, -0.2) is 9.59 Å². The first-order chi connectivity index (χ1) is 27.0. The SMILES string of the molecule is CC(C)(C)OC(=O)CC[C@@H](CO)NC(=O)[C@H]1CCCN1C(=O)[C@@]12C[C@H]3OC(=O)[C@@H]1N(Cc1cccc(C=CC(=O)O[C@H]4C(=O)OCC4(C)C)c1)O[C@@H]2[C@H]1OCO[C@H]13. The smallest absolute Gasteiger partial charge is 0.348 e. The van der Waals surface area contributed by atoms with Crippen LogP contribution < -0.4 is 5.32 Å². The van der Waals surface area contributed by atoms with E-state index < -0.39 is 107 Å². The van der Waals surface area contributed by atoms with Crippen LogP contribution in [0.2, 0.25) is 0 Å². The number of hydrogen-bond acceptors (Lipinski definition) is 15. The molecule has 1 saturated carbocycles. The number of nitrogens with zero attached hydrogens (tertiary/aromatic N) is 2. The highest BCUT2D eigenvalue weighted by Crippen LogP contribution is 2.56. The molecule has 9 atom stereocenters. The van der Waals surface area contributed by atoms with Gasteiger partial charge in [-0.15, -0.1) is 0 Å². The summed E-state index contributed by atoms with van der Waals surface area (Å²) in [4.78, 5) is 88.0. The van der Waals surface area contributed by atoms with Crippen molar-refractivity contribution in [3.63, 3.8) is 0 Å². The highest BCUT2D eigenvalue weighted by Gasteiger charge is 2.75. The number of ether oxygens (including phenoxy) is 6. The van der Waals surface area contributed by atoms with Gasteiger partial charge in [-0.05, 0) is 57.2 Å². The van der Waals surface area contributed by atoms with Crippen molar-refractivity contribution in [2.24, 2.45) is 10.8 Å². The molecule has 1 aliphatic carbocycles. The van der Waals surface area contributed by atoms with Gasteiger partial charge in [-0.3, -0.25) is 24.0 Å². The molecular formula is C40H51N3O14. The number of aliphatic hydroxyl groups excluding tert-OH is 1. The number of benzene rings is 1. The third-order valence-electron chi connectivity index (χ3n) is 11.4. The minimum atomic E-state index is -1.48. The Labute approximate surface area is 330 Å². The summed E-state index contributed by atoms with van der Waals surface area (Å²) in [6.45, 7) is 8.76. The van der Waals surface area contributed by atoms with Crippen LogP contribution in [0.15, 0.2) is 30.3 Å². The van der Waals surface area contributed by atoms with E-state index in [0.717, 1.165) is 0 Å². The van der Waals surface area contributed by atoms with Gasteiger partial charge >= 0.3 is 23.9 Å². The van der Waals surface area contributed by atoms with Crippen LogP contribution in [0, 0.1) is 10.8 Å². The molecule has 17 nitrogen and oxygen atoms in total. The van der Waals surface area contributed by atoms with E-state index in [2.05, 4.69) is 5.32 Å². The average Bonchev–Trinajstić information content (AvgIpc) is 3.95. The van der Waals surface area contributed by atoms with Crippen molar-refractivity contribution >= 4 is 41.8 Å². The number of amides is 2. The van der Waals surface area contributed by atoms with E-state index in [-0.39, 0.29) is 45.8 Å². The third kappa shape index (κ3) is 8.04. The van der Waals surface area contributed by atoms with E-state index in [1.807, 2.05) is 6.07 Å². The summed E-state index contributed by atoms with van der Waals surface area (Å²) in [5.74, 6) is -3.33. The van der Waals surface area contributed by atoms with E-state index in [4.69, 9.17) is 33.3 Å². The van der Waals surface area contributed by atoms with Gasteiger partial charge < -0.3 is 43.7 Å². The van der Waals surface area contributed by atoms with Gasteiger partial charge in [0.2, 0.25) is 17.9 Å². The molecule has 6 aliphatic rings. The number of carbonyl (C=O) groups excluding carboxylic acids is 6. The summed E-state index contributed by atoms with van der Waals surface area (Å²) < 4.78 is 33.6. The highest BCUT2D eigenvalue weighted by atomic mass is 16.8. The van der Waals surface area contributed by atoms with Crippen molar-refractivity contribution in [2.45, 2.75) is 128 Å². The van der Waals surface area contributed by atoms with Crippen molar-refractivity contribution in [2.75, 3.05) is 26.6 Å². The van der Waals surface area contributed by atoms with Crippen LogP contribution in [0.5, 0.6) is 0 Å². The van der Waals surface area contributed by atoms with Crippen molar-refractivity contribution < 1.29 is 67.1 Å². The Bertz CT molecular complexity index is 1810. The lowest BCUT2D eigenvalue weighted by molar-refractivity contribution is -0.204. The Hall–Kier alpha value is -4.42. The van der Waals surface area contributed by atoms with E-state index in [1.165, 1.54) is 16.0 Å². The summed E-state index contributed by atoms with van der Waals surface area (Å²) in [5.41, 5.74) is -1.51. The van der Waals surface area contributed by atoms with E-state index >= 15 is 4.79 Å². The quantitative estimate of drug-likeness (QED) is 0.174. The van der Waals surface area contributed by atoms with Crippen molar-refractivity contribution in [3.05, 3.63) is 41.5 Å². The number of nitrogens with one attached hydrogen (secondary N) is 1. The molecule has 0 radical (unpaired) electrons. The normalized spacial score (nSPS) is 32.1. The molecule has 2 N–H and O–H groups in total. The van der Waals surface area contributed by atoms with Gasteiger partial charge in [0, 0.05) is 30.9 Å². The van der Waals surface area contributed by atoms with Crippen LogP contribution in [0.1, 0.15) is 77.8 Å². The molecule has 0 aromatic heterocycles. The number of esters is 4. The van der Waals surface area contributed by atoms with Crippen LogP contribution in [0.25, 0.3) is 6.08 Å². The summed E-state index contributed by atoms with van der Waals surface area (Å²) in [6.07, 6.45) is -0.292. The zero-order valence-electron chi connectivity index (χ0n) is 32.8. The number of cyclic esters (lactones) is 1. The van der Waals surface area contributed by atoms with Gasteiger partial charge in [0.25, 0.3) is 0 Å². The highest BCUT2D eigenvalue weighted by molar-refractivity contribution is 5.97. The van der Waals surface area contributed by atoms with Gasteiger partial charge in [-0.1, -0.05) is 38.1 Å². The molecule has 1 aromatic rings. The zero-order chi connectivity index (χ0) is 40.9. The van der Waals surface area contributed by atoms with Gasteiger partial charge in [0.05, 0.1) is 19.2 Å². The maximum atomic E-state index is 15.1. The standard InChI is InChI=1S/C40H51N3O14/c1-38(2,3)56-28(46)14-12-24(19-44)41-34(47)25-10-7-15-42(25)37(50)40-17-26-29-30(53-21-52-29)32(40)57-43(31(40)35(48)54-26)18-23-9-6-8-22(16-23)11-13-27(45)55-33-36(49)51-20-39(33,4)5/h6,8-9,11,13,16,24-26,29-33,44H,7,10,12,14-15,17-21H2,1-5H3,(H,41,47)/t24-,25+,26+,29-,30-,31-,32+,33-,40-/m0/s1. The van der Waals surface area contributed by atoms with Crippen LogP contribution in [-0.2, 0) is 68.6 Å². The maximum absolute atomic E-state index is 15.1. The number of likely N-dealkylation sites (tertiary alicyclic amines) is 1. The molecule has 1 aromatic carbocycles. The van der Waals surface area contributed by atoms with Crippen LogP contribution in [0.3, 0.4) is 0 Å². The lowest BCUT2D eigenvalue weighted by atomic mass is 9.62. The average molecular weight is 798 g/mol. The number of aliphatic hydroxyl groups is 1. The molecular weight excluding hydrogens is 746 g/mol. The molecule has 2 amide bonds. The van der Waals surface area contributed by atoms with E-state index in [0.29, 0.717) is 24.0 Å². The maximum Gasteiger partial charge on any atom is 0.348 e. The molecule has 7 rings (SSSR count). The molecule has 6 fully saturated rings.